The van der Waals surface area contributed by atoms with Crippen molar-refractivity contribution in [2.24, 2.45) is 0 Å². The molecule has 136 valence electrons. The van der Waals surface area contributed by atoms with Crippen LogP contribution in [0.3, 0.4) is 0 Å². The molecule has 0 bridgehead atoms. The van der Waals surface area contributed by atoms with Gasteiger partial charge in [-0.2, -0.15) is 0 Å². The summed E-state index contributed by atoms with van der Waals surface area (Å²) in [4.78, 5) is 28.2. The first kappa shape index (κ1) is 17.8. The van der Waals surface area contributed by atoms with E-state index in [1.807, 2.05) is 35.2 Å². The highest BCUT2D eigenvalue weighted by Gasteiger charge is 2.20. The number of benzene rings is 2. The summed E-state index contributed by atoms with van der Waals surface area (Å²) in [6.07, 6.45) is 0. The SMILES string of the molecule is CNC(=O)c1cccc(CNC(=O)N2CCN(c3ccccc3)CC2)c1. The Bertz CT molecular complexity index is 755. The maximum atomic E-state index is 12.4. The molecule has 1 heterocycles. The predicted molar refractivity (Wildman–Crippen MR) is 102 cm³/mol. The molecule has 1 fully saturated rings. The molecule has 3 amide bonds. The molecule has 1 saturated heterocycles. The molecule has 3 rings (SSSR count). The summed E-state index contributed by atoms with van der Waals surface area (Å²) in [5, 5.41) is 5.55. The van der Waals surface area contributed by atoms with Crippen LogP contribution in [0, 0.1) is 0 Å². The van der Waals surface area contributed by atoms with Crippen LogP contribution in [0.2, 0.25) is 0 Å². The number of nitrogens with one attached hydrogen (secondary N) is 2. The molecule has 0 aliphatic carbocycles. The van der Waals surface area contributed by atoms with Gasteiger partial charge in [-0.1, -0.05) is 30.3 Å². The Hall–Kier alpha value is -3.02. The Balaban J connectivity index is 1.50. The Labute approximate surface area is 153 Å². The number of rotatable bonds is 4. The van der Waals surface area contributed by atoms with Gasteiger partial charge in [-0.3, -0.25) is 4.79 Å². The molecule has 2 aromatic carbocycles. The molecule has 0 aromatic heterocycles. The first-order valence-corrected chi connectivity index (χ1v) is 8.81. The summed E-state index contributed by atoms with van der Waals surface area (Å²) in [5.41, 5.74) is 2.69. The molecule has 2 aromatic rings. The number of carbonyl (C=O) groups excluding carboxylic acids is 2. The van der Waals surface area contributed by atoms with E-state index in [1.54, 1.807) is 19.2 Å². The quantitative estimate of drug-likeness (QED) is 0.885. The third-order valence-corrected chi connectivity index (χ3v) is 4.55. The number of urea groups is 1. The Kier molecular flexibility index (Phi) is 5.73. The van der Waals surface area contributed by atoms with Crippen molar-refractivity contribution >= 4 is 17.6 Å². The van der Waals surface area contributed by atoms with Crippen molar-refractivity contribution < 1.29 is 9.59 Å². The van der Waals surface area contributed by atoms with Crippen LogP contribution < -0.4 is 15.5 Å². The zero-order chi connectivity index (χ0) is 18.4. The van der Waals surface area contributed by atoms with E-state index in [-0.39, 0.29) is 11.9 Å². The second-order valence-electron chi connectivity index (χ2n) is 6.25. The van der Waals surface area contributed by atoms with Crippen molar-refractivity contribution in [3.05, 3.63) is 65.7 Å². The summed E-state index contributed by atoms with van der Waals surface area (Å²) in [5.74, 6) is -0.129. The van der Waals surface area contributed by atoms with E-state index < -0.39 is 0 Å². The number of piperazine rings is 1. The van der Waals surface area contributed by atoms with Crippen molar-refractivity contribution in [2.45, 2.75) is 6.54 Å². The standard InChI is InChI=1S/C20H24N4O2/c1-21-19(25)17-7-5-6-16(14-17)15-22-20(26)24-12-10-23(11-13-24)18-8-3-2-4-9-18/h2-9,14H,10-13,15H2,1H3,(H,21,25)(H,22,26). The zero-order valence-corrected chi connectivity index (χ0v) is 14.9. The van der Waals surface area contributed by atoms with Crippen LogP contribution in [-0.4, -0.2) is 50.1 Å². The summed E-state index contributed by atoms with van der Waals surface area (Å²) in [6, 6.07) is 17.5. The molecular formula is C20H24N4O2. The van der Waals surface area contributed by atoms with E-state index in [0.29, 0.717) is 25.2 Å². The van der Waals surface area contributed by atoms with Gasteiger partial charge < -0.3 is 20.4 Å². The van der Waals surface area contributed by atoms with Gasteiger partial charge in [0, 0.05) is 51.0 Å². The average Bonchev–Trinajstić information content (AvgIpc) is 2.72. The van der Waals surface area contributed by atoms with E-state index in [2.05, 4.69) is 27.7 Å². The predicted octanol–water partition coefficient (Wildman–Crippen LogP) is 2.08. The van der Waals surface area contributed by atoms with Crippen molar-refractivity contribution in [1.82, 2.24) is 15.5 Å². The first-order chi connectivity index (χ1) is 12.7. The maximum absolute atomic E-state index is 12.4. The van der Waals surface area contributed by atoms with Gasteiger partial charge in [0.1, 0.15) is 0 Å². The van der Waals surface area contributed by atoms with E-state index in [1.165, 1.54) is 5.69 Å². The number of amides is 3. The third-order valence-electron chi connectivity index (χ3n) is 4.55. The Morgan fingerprint density at radius 1 is 0.962 bits per heavy atom. The lowest BCUT2D eigenvalue weighted by Gasteiger charge is -2.36. The minimum absolute atomic E-state index is 0.0666. The summed E-state index contributed by atoms with van der Waals surface area (Å²) >= 11 is 0. The second kappa shape index (κ2) is 8.38. The molecule has 0 saturated carbocycles. The van der Waals surface area contributed by atoms with Gasteiger partial charge in [-0.25, -0.2) is 4.79 Å². The van der Waals surface area contributed by atoms with E-state index >= 15 is 0 Å². The van der Waals surface area contributed by atoms with E-state index in [4.69, 9.17) is 0 Å². The average molecular weight is 352 g/mol. The van der Waals surface area contributed by atoms with Crippen molar-refractivity contribution in [1.29, 1.82) is 0 Å². The van der Waals surface area contributed by atoms with Crippen LogP contribution in [-0.2, 0) is 6.54 Å². The molecule has 2 N–H and O–H groups in total. The molecule has 6 heteroatoms. The van der Waals surface area contributed by atoms with Gasteiger partial charge in [-0.15, -0.1) is 0 Å². The summed E-state index contributed by atoms with van der Waals surface area (Å²) in [7, 11) is 1.60. The largest absolute Gasteiger partial charge is 0.368 e. The molecule has 6 nitrogen and oxygen atoms in total. The van der Waals surface area contributed by atoms with Crippen LogP contribution in [0.5, 0.6) is 0 Å². The monoisotopic (exact) mass is 352 g/mol. The highest BCUT2D eigenvalue weighted by Crippen LogP contribution is 2.15. The highest BCUT2D eigenvalue weighted by molar-refractivity contribution is 5.94. The highest BCUT2D eigenvalue weighted by atomic mass is 16.2. The van der Waals surface area contributed by atoms with Gasteiger partial charge in [0.2, 0.25) is 0 Å². The minimum atomic E-state index is -0.129. The molecule has 1 aliphatic heterocycles. The van der Waals surface area contributed by atoms with Gasteiger partial charge in [-0.05, 0) is 29.8 Å². The Morgan fingerprint density at radius 3 is 2.38 bits per heavy atom. The fraction of sp³-hybridized carbons (Fsp3) is 0.300. The maximum Gasteiger partial charge on any atom is 0.317 e. The number of hydrogen-bond acceptors (Lipinski definition) is 3. The molecule has 0 radical (unpaired) electrons. The molecule has 0 unspecified atom stereocenters. The number of hydrogen-bond donors (Lipinski definition) is 2. The number of carbonyl (C=O) groups is 2. The lowest BCUT2D eigenvalue weighted by Crippen LogP contribution is -2.51. The number of anilines is 1. The van der Waals surface area contributed by atoms with Crippen LogP contribution in [0.4, 0.5) is 10.5 Å². The normalized spacial score (nSPS) is 14.0. The summed E-state index contributed by atoms with van der Waals surface area (Å²) < 4.78 is 0. The van der Waals surface area contributed by atoms with Crippen LogP contribution in [0.1, 0.15) is 15.9 Å². The van der Waals surface area contributed by atoms with Gasteiger partial charge >= 0.3 is 6.03 Å². The van der Waals surface area contributed by atoms with Crippen LogP contribution in [0.25, 0.3) is 0 Å². The second-order valence-corrected chi connectivity index (χ2v) is 6.25. The van der Waals surface area contributed by atoms with Crippen LogP contribution in [0.15, 0.2) is 54.6 Å². The van der Waals surface area contributed by atoms with Crippen LogP contribution >= 0.6 is 0 Å². The van der Waals surface area contributed by atoms with Gasteiger partial charge in [0.25, 0.3) is 5.91 Å². The molecule has 0 atom stereocenters. The summed E-state index contributed by atoms with van der Waals surface area (Å²) in [6.45, 7) is 3.44. The van der Waals surface area contributed by atoms with E-state index in [0.717, 1.165) is 18.7 Å². The third kappa shape index (κ3) is 4.33. The number of nitrogens with zero attached hydrogens (tertiary/aromatic N) is 2. The minimum Gasteiger partial charge on any atom is -0.368 e. The van der Waals surface area contributed by atoms with Crippen molar-refractivity contribution in [2.75, 3.05) is 38.1 Å². The molecule has 0 spiro atoms. The topological polar surface area (TPSA) is 64.7 Å². The fourth-order valence-electron chi connectivity index (χ4n) is 3.06. The fourth-order valence-corrected chi connectivity index (χ4v) is 3.06. The first-order valence-electron chi connectivity index (χ1n) is 8.81. The van der Waals surface area contributed by atoms with Crippen molar-refractivity contribution in [3.63, 3.8) is 0 Å². The van der Waals surface area contributed by atoms with Gasteiger partial charge in [0.15, 0.2) is 0 Å². The molecular weight excluding hydrogens is 328 g/mol. The zero-order valence-electron chi connectivity index (χ0n) is 14.9. The Morgan fingerprint density at radius 2 is 1.69 bits per heavy atom. The molecule has 26 heavy (non-hydrogen) atoms. The lowest BCUT2D eigenvalue weighted by atomic mass is 10.1. The number of para-hydroxylation sites is 1. The van der Waals surface area contributed by atoms with E-state index in [9.17, 15) is 9.59 Å². The van der Waals surface area contributed by atoms with Gasteiger partial charge in [0.05, 0.1) is 0 Å². The van der Waals surface area contributed by atoms with Crippen molar-refractivity contribution in [3.8, 4) is 0 Å². The molecule has 1 aliphatic rings. The lowest BCUT2D eigenvalue weighted by molar-refractivity contribution is 0.0963. The smallest absolute Gasteiger partial charge is 0.317 e.